The molecule has 2 rings (SSSR count). The van der Waals surface area contributed by atoms with E-state index in [0.717, 1.165) is 5.56 Å². The Morgan fingerprint density at radius 2 is 1.94 bits per heavy atom. The van der Waals surface area contributed by atoms with Crippen LogP contribution in [0.3, 0.4) is 0 Å². The summed E-state index contributed by atoms with van der Waals surface area (Å²) in [6.07, 6.45) is 0. The molecule has 1 aromatic carbocycles. The van der Waals surface area contributed by atoms with E-state index >= 15 is 0 Å². The molecule has 0 saturated carbocycles. The molecule has 6 nitrogen and oxygen atoms in total. The van der Waals surface area contributed by atoms with Gasteiger partial charge in [-0.1, -0.05) is 12.1 Å². The molecule has 0 fully saturated rings. The number of H-pyrrole nitrogens is 2. The van der Waals surface area contributed by atoms with Gasteiger partial charge in [-0.05, 0) is 24.6 Å². The summed E-state index contributed by atoms with van der Waals surface area (Å²) in [5.41, 5.74) is 7.49. The molecule has 6 heteroatoms. The minimum atomic E-state index is -0.550. The maximum absolute atomic E-state index is 11.4. The number of hydrogen-bond donors (Lipinski definition) is 4. The number of amides is 1. The summed E-state index contributed by atoms with van der Waals surface area (Å²) < 4.78 is 0. The molecular formula is C12H14N4O2. The van der Waals surface area contributed by atoms with Gasteiger partial charge in [-0.15, -0.1) is 0 Å². The summed E-state index contributed by atoms with van der Waals surface area (Å²) in [5.74, 6) is -0.238. The molecule has 0 radical (unpaired) electrons. The first-order valence-corrected chi connectivity index (χ1v) is 5.51. The lowest BCUT2D eigenvalue weighted by Crippen LogP contribution is -2.32. The van der Waals surface area contributed by atoms with Gasteiger partial charge in [0.05, 0.1) is 11.7 Å². The van der Waals surface area contributed by atoms with E-state index in [9.17, 15) is 9.59 Å². The minimum absolute atomic E-state index is 0.181. The number of aromatic nitrogens is 2. The Labute approximate surface area is 103 Å². The molecule has 0 unspecified atom stereocenters. The van der Waals surface area contributed by atoms with Crippen molar-refractivity contribution in [3.63, 3.8) is 0 Å². The van der Waals surface area contributed by atoms with E-state index in [4.69, 9.17) is 5.73 Å². The monoisotopic (exact) mass is 246 g/mol. The zero-order valence-corrected chi connectivity index (χ0v) is 9.86. The van der Waals surface area contributed by atoms with Crippen molar-refractivity contribution >= 4 is 11.6 Å². The lowest BCUT2D eigenvalue weighted by molar-refractivity contribution is -0.117. The molecular weight excluding hydrogens is 232 g/mol. The highest BCUT2D eigenvalue weighted by molar-refractivity contribution is 5.94. The molecule has 18 heavy (non-hydrogen) atoms. The number of nitrogens with two attached hydrogens (primary N) is 1. The van der Waals surface area contributed by atoms with Crippen molar-refractivity contribution in [3.05, 3.63) is 40.7 Å². The Hall–Kier alpha value is -2.34. The van der Waals surface area contributed by atoms with Gasteiger partial charge >= 0.3 is 0 Å². The van der Waals surface area contributed by atoms with Crippen LogP contribution >= 0.6 is 0 Å². The van der Waals surface area contributed by atoms with Crippen molar-refractivity contribution in [2.45, 2.75) is 13.0 Å². The van der Waals surface area contributed by atoms with Crippen LogP contribution in [0.4, 0.5) is 5.69 Å². The van der Waals surface area contributed by atoms with Gasteiger partial charge in [0, 0.05) is 11.8 Å². The zero-order valence-electron chi connectivity index (χ0n) is 9.86. The highest BCUT2D eigenvalue weighted by atomic mass is 16.2. The van der Waals surface area contributed by atoms with Crippen molar-refractivity contribution in [2.24, 2.45) is 5.73 Å². The highest BCUT2D eigenvalue weighted by Gasteiger charge is 2.07. The van der Waals surface area contributed by atoms with Crippen LogP contribution in [0.5, 0.6) is 0 Å². The molecule has 1 aromatic heterocycles. The predicted octanol–water partition coefficient (Wildman–Crippen LogP) is 0.656. The van der Waals surface area contributed by atoms with Crippen molar-refractivity contribution in [1.82, 2.24) is 10.2 Å². The van der Waals surface area contributed by atoms with Crippen LogP contribution in [-0.4, -0.2) is 22.1 Å². The normalized spacial score (nSPS) is 12.1. The van der Waals surface area contributed by atoms with Crippen molar-refractivity contribution < 1.29 is 4.79 Å². The summed E-state index contributed by atoms with van der Waals surface area (Å²) in [7, 11) is 0. The summed E-state index contributed by atoms with van der Waals surface area (Å²) in [6.45, 7) is 1.62. The number of hydrogen-bond acceptors (Lipinski definition) is 3. The van der Waals surface area contributed by atoms with Gasteiger partial charge in [0.1, 0.15) is 0 Å². The Kier molecular flexibility index (Phi) is 3.29. The maximum Gasteiger partial charge on any atom is 0.264 e. The van der Waals surface area contributed by atoms with Crippen molar-refractivity contribution in [3.8, 4) is 11.3 Å². The van der Waals surface area contributed by atoms with Crippen molar-refractivity contribution in [1.29, 1.82) is 0 Å². The average Bonchev–Trinajstić information content (AvgIpc) is 2.76. The molecule has 1 amide bonds. The number of benzene rings is 1. The van der Waals surface area contributed by atoms with E-state index in [1.54, 1.807) is 31.2 Å². The molecule has 0 aliphatic heterocycles. The maximum atomic E-state index is 11.4. The summed E-state index contributed by atoms with van der Waals surface area (Å²) in [6, 6.07) is 8.02. The van der Waals surface area contributed by atoms with Crippen LogP contribution in [0.1, 0.15) is 6.92 Å². The third-order valence-corrected chi connectivity index (χ3v) is 2.47. The Morgan fingerprint density at radius 1 is 1.28 bits per heavy atom. The molecule has 1 atom stereocenters. The van der Waals surface area contributed by atoms with Crippen molar-refractivity contribution in [2.75, 3.05) is 5.32 Å². The van der Waals surface area contributed by atoms with Gasteiger partial charge in [-0.2, -0.15) is 0 Å². The van der Waals surface area contributed by atoms with Gasteiger partial charge in [0.15, 0.2) is 0 Å². The first kappa shape index (κ1) is 12.1. The second kappa shape index (κ2) is 4.89. The Balaban J connectivity index is 2.15. The van der Waals surface area contributed by atoms with Gasteiger partial charge in [0.2, 0.25) is 5.91 Å². The Morgan fingerprint density at radius 3 is 2.44 bits per heavy atom. The molecule has 5 N–H and O–H groups in total. The van der Waals surface area contributed by atoms with E-state index < -0.39 is 6.04 Å². The number of aromatic amines is 2. The molecule has 1 heterocycles. The quantitative estimate of drug-likeness (QED) is 0.639. The molecule has 0 saturated heterocycles. The molecule has 2 aromatic rings. The molecule has 0 aliphatic carbocycles. The van der Waals surface area contributed by atoms with Gasteiger partial charge in [0.25, 0.3) is 5.56 Å². The minimum Gasteiger partial charge on any atom is -0.325 e. The van der Waals surface area contributed by atoms with Crippen LogP contribution < -0.4 is 16.6 Å². The van der Waals surface area contributed by atoms with E-state index in [-0.39, 0.29) is 11.5 Å². The number of rotatable bonds is 3. The third-order valence-electron chi connectivity index (χ3n) is 2.47. The summed E-state index contributed by atoms with van der Waals surface area (Å²) in [4.78, 5) is 22.4. The average molecular weight is 246 g/mol. The van der Waals surface area contributed by atoms with E-state index in [1.807, 2.05) is 0 Å². The number of anilines is 1. The second-order valence-corrected chi connectivity index (χ2v) is 4.03. The lowest BCUT2D eigenvalue weighted by Gasteiger charge is -2.07. The molecule has 0 aliphatic rings. The number of carbonyl (C=O) groups is 1. The third kappa shape index (κ3) is 2.67. The fourth-order valence-corrected chi connectivity index (χ4v) is 1.48. The van der Waals surface area contributed by atoms with Crippen LogP contribution in [0.25, 0.3) is 11.3 Å². The van der Waals surface area contributed by atoms with Crippen LogP contribution in [-0.2, 0) is 4.79 Å². The summed E-state index contributed by atoms with van der Waals surface area (Å²) in [5, 5.41) is 7.90. The molecule has 0 spiro atoms. The van der Waals surface area contributed by atoms with Crippen LogP contribution in [0.2, 0.25) is 0 Å². The first-order chi connectivity index (χ1) is 8.56. The van der Waals surface area contributed by atoms with Gasteiger partial charge in [-0.25, -0.2) is 0 Å². The SMILES string of the molecule is C[C@H](N)C(=O)Nc1ccc(-c2cc(=O)[nH][nH]2)cc1. The van der Waals surface area contributed by atoms with Gasteiger partial charge < -0.3 is 11.1 Å². The Bertz CT molecular complexity index is 595. The molecule has 94 valence electrons. The largest absolute Gasteiger partial charge is 0.325 e. The smallest absolute Gasteiger partial charge is 0.264 e. The highest BCUT2D eigenvalue weighted by Crippen LogP contribution is 2.17. The summed E-state index contributed by atoms with van der Waals surface area (Å²) >= 11 is 0. The standard InChI is InChI=1S/C12H14N4O2/c1-7(13)12(18)14-9-4-2-8(3-5-9)10-6-11(17)16-15-10/h2-7H,13H2,1H3,(H,14,18)(H2,15,16,17)/t7-/m0/s1. The molecule has 0 bridgehead atoms. The van der Waals surface area contributed by atoms with E-state index in [2.05, 4.69) is 15.5 Å². The first-order valence-electron chi connectivity index (χ1n) is 5.51. The van der Waals surface area contributed by atoms with Crippen LogP contribution in [0.15, 0.2) is 35.1 Å². The number of nitrogens with one attached hydrogen (secondary N) is 3. The number of carbonyl (C=O) groups excluding carboxylic acids is 1. The lowest BCUT2D eigenvalue weighted by atomic mass is 10.1. The van der Waals surface area contributed by atoms with Gasteiger partial charge in [-0.3, -0.25) is 19.8 Å². The fraction of sp³-hybridized carbons (Fsp3) is 0.167. The predicted molar refractivity (Wildman–Crippen MR) is 69.1 cm³/mol. The topological polar surface area (TPSA) is 104 Å². The van der Waals surface area contributed by atoms with E-state index in [0.29, 0.717) is 11.4 Å². The van der Waals surface area contributed by atoms with E-state index in [1.165, 1.54) is 6.07 Å². The fourth-order valence-electron chi connectivity index (χ4n) is 1.48. The zero-order chi connectivity index (χ0) is 13.1. The second-order valence-electron chi connectivity index (χ2n) is 4.03. The van der Waals surface area contributed by atoms with Crippen LogP contribution in [0, 0.1) is 0 Å².